The van der Waals surface area contributed by atoms with Gasteiger partial charge in [0.1, 0.15) is 11.5 Å². The number of nitrogen functional groups attached to an aromatic ring is 1. The maximum atomic E-state index is 6.12. The van der Waals surface area contributed by atoms with Crippen molar-refractivity contribution in [2.24, 2.45) is 0 Å². The minimum absolute atomic E-state index is 0.690. The van der Waals surface area contributed by atoms with E-state index in [1.807, 2.05) is 44.2 Å². The SMILES string of the molecule is Cc1cc(Cl)cc(C)c1Oc1ccc(N)c2cnccc12. The summed E-state index contributed by atoms with van der Waals surface area (Å²) < 4.78 is 6.12. The van der Waals surface area contributed by atoms with Gasteiger partial charge in [-0.05, 0) is 55.3 Å². The number of rotatable bonds is 2. The van der Waals surface area contributed by atoms with Gasteiger partial charge in [-0.25, -0.2) is 0 Å². The van der Waals surface area contributed by atoms with Crippen molar-refractivity contribution in [2.75, 3.05) is 5.73 Å². The van der Waals surface area contributed by atoms with Crippen molar-refractivity contribution in [2.45, 2.75) is 13.8 Å². The Hall–Kier alpha value is -2.26. The van der Waals surface area contributed by atoms with Crippen LogP contribution in [0.1, 0.15) is 11.1 Å². The molecule has 0 radical (unpaired) electrons. The molecule has 0 aliphatic heterocycles. The van der Waals surface area contributed by atoms with E-state index < -0.39 is 0 Å². The van der Waals surface area contributed by atoms with Crippen molar-refractivity contribution < 1.29 is 4.74 Å². The highest BCUT2D eigenvalue weighted by Gasteiger charge is 2.10. The monoisotopic (exact) mass is 298 g/mol. The van der Waals surface area contributed by atoms with Gasteiger partial charge in [-0.2, -0.15) is 0 Å². The molecule has 106 valence electrons. The van der Waals surface area contributed by atoms with Crippen LogP contribution in [0.4, 0.5) is 5.69 Å². The van der Waals surface area contributed by atoms with Crippen LogP contribution in [0.15, 0.2) is 42.7 Å². The molecule has 3 rings (SSSR count). The summed E-state index contributed by atoms with van der Waals surface area (Å²) >= 11 is 6.06. The van der Waals surface area contributed by atoms with Crippen molar-refractivity contribution in [3.05, 3.63) is 58.9 Å². The molecule has 2 N–H and O–H groups in total. The molecule has 3 nitrogen and oxygen atoms in total. The van der Waals surface area contributed by atoms with E-state index in [9.17, 15) is 0 Å². The molecule has 0 saturated carbocycles. The Bertz CT molecular complexity index is 807. The molecule has 3 aromatic rings. The van der Waals surface area contributed by atoms with Crippen LogP contribution in [0.25, 0.3) is 10.8 Å². The molecule has 0 spiro atoms. The van der Waals surface area contributed by atoms with E-state index in [0.29, 0.717) is 10.7 Å². The molecule has 0 aliphatic rings. The molecule has 0 bridgehead atoms. The maximum absolute atomic E-state index is 6.12. The molecule has 21 heavy (non-hydrogen) atoms. The van der Waals surface area contributed by atoms with E-state index >= 15 is 0 Å². The number of pyridine rings is 1. The largest absolute Gasteiger partial charge is 0.456 e. The summed E-state index contributed by atoms with van der Waals surface area (Å²) in [5.74, 6) is 1.58. The number of nitrogens with two attached hydrogens (primary N) is 1. The number of nitrogens with zero attached hydrogens (tertiary/aromatic N) is 1. The molecular weight excluding hydrogens is 284 g/mol. The first-order chi connectivity index (χ1) is 10.1. The van der Waals surface area contributed by atoms with Crippen molar-refractivity contribution >= 4 is 28.1 Å². The number of aryl methyl sites for hydroxylation is 2. The molecule has 0 unspecified atom stereocenters. The smallest absolute Gasteiger partial charge is 0.135 e. The van der Waals surface area contributed by atoms with Crippen molar-refractivity contribution in [3.63, 3.8) is 0 Å². The predicted molar refractivity (Wildman–Crippen MR) is 87.2 cm³/mol. The Morgan fingerprint density at radius 3 is 2.48 bits per heavy atom. The van der Waals surface area contributed by atoms with Gasteiger partial charge in [0.15, 0.2) is 0 Å². The standard InChI is InChI=1S/C17H15ClN2O/c1-10-7-12(18)8-11(2)17(10)21-16-4-3-15(19)14-9-20-6-5-13(14)16/h3-9H,19H2,1-2H3. The van der Waals surface area contributed by atoms with E-state index in [1.54, 1.807) is 12.4 Å². The summed E-state index contributed by atoms with van der Waals surface area (Å²) in [5, 5.41) is 2.54. The van der Waals surface area contributed by atoms with Gasteiger partial charge in [-0.1, -0.05) is 11.6 Å². The number of ether oxygens (including phenoxy) is 1. The maximum Gasteiger partial charge on any atom is 0.135 e. The van der Waals surface area contributed by atoms with Crippen LogP contribution in [0, 0.1) is 13.8 Å². The molecule has 4 heteroatoms. The molecule has 0 aliphatic carbocycles. The summed E-state index contributed by atoms with van der Waals surface area (Å²) in [6, 6.07) is 9.41. The lowest BCUT2D eigenvalue weighted by Gasteiger charge is -2.14. The molecule has 1 aromatic heterocycles. The van der Waals surface area contributed by atoms with Gasteiger partial charge >= 0.3 is 0 Å². The zero-order valence-electron chi connectivity index (χ0n) is 11.9. The molecule has 2 aromatic carbocycles. The van der Waals surface area contributed by atoms with Gasteiger partial charge in [0.2, 0.25) is 0 Å². The lowest BCUT2D eigenvalue weighted by Crippen LogP contribution is -1.94. The van der Waals surface area contributed by atoms with Crippen LogP contribution in [0.2, 0.25) is 5.02 Å². The lowest BCUT2D eigenvalue weighted by molar-refractivity contribution is 0.480. The zero-order valence-corrected chi connectivity index (χ0v) is 12.6. The fraction of sp³-hybridized carbons (Fsp3) is 0.118. The third-order valence-corrected chi connectivity index (χ3v) is 3.67. The molecule has 0 atom stereocenters. The Balaban J connectivity index is 2.13. The second kappa shape index (κ2) is 5.26. The van der Waals surface area contributed by atoms with Gasteiger partial charge in [-0.3, -0.25) is 4.98 Å². The summed E-state index contributed by atoms with van der Waals surface area (Å²) in [7, 11) is 0. The molecule has 0 saturated heterocycles. The number of hydrogen-bond donors (Lipinski definition) is 1. The van der Waals surface area contributed by atoms with Crippen LogP contribution in [0.3, 0.4) is 0 Å². The van der Waals surface area contributed by atoms with E-state index in [-0.39, 0.29) is 0 Å². The summed E-state index contributed by atoms with van der Waals surface area (Å²) in [5.41, 5.74) is 8.67. The van der Waals surface area contributed by atoms with Gasteiger partial charge < -0.3 is 10.5 Å². The second-order valence-electron chi connectivity index (χ2n) is 5.04. The topological polar surface area (TPSA) is 48.1 Å². The highest BCUT2D eigenvalue weighted by molar-refractivity contribution is 6.30. The highest BCUT2D eigenvalue weighted by atomic mass is 35.5. The Morgan fingerprint density at radius 2 is 1.76 bits per heavy atom. The van der Waals surface area contributed by atoms with Crippen LogP contribution in [0.5, 0.6) is 11.5 Å². The van der Waals surface area contributed by atoms with Crippen LogP contribution >= 0.6 is 11.6 Å². The van der Waals surface area contributed by atoms with Gasteiger partial charge in [0.25, 0.3) is 0 Å². The van der Waals surface area contributed by atoms with Crippen LogP contribution < -0.4 is 10.5 Å². The van der Waals surface area contributed by atoms with Crippen molar-refractivity contribution in [1.82, 2.24) is 4.98 Å². The fourth-order valence-corrected chi connectivity index (χ4v) is 2.77. The Kier molecular flexibility index (Phi) is 3.43. The molecular formula is C17H15ClN2O. The number of anilines is 1. The minimum atomic E-state index is 0.690. The van der Waals surface area contributed by atoms with Crippen LogP contribution in [-0.2, 0) is 0 Å². The van der Waals surface area contributed by atoms with E-state index in [4.69, 9.17) is 22.1 Å². The number of hydrogen-bond acceptors (Lipinski definition) is 3. The predicted octanol–water partition coefficient (Wildman–Crippen LogP) is 4.88. The zero-order chi connectivity index (χ0) is 15.0. The molecule has 0 amide bonds. The van der Waals surface area contributed by atoms with Crippen LogP contribution in [-0.4, -0.2) is 4.98 Å². The lowest BCUT2D eigenvalue weighted by atomic mass is 10.1. The normalized spacial score (nSPS) is 10.8. The van der Waals surface area contributed by atoms with Crippen molar-refractivity contribution in [3.8, 4) is 11.5 Å². The van der Waals surface area contributed by atoms with Gasteiger partial charge in [0.05, 0.1) is 0 Å². The Labute approximate surface area is 128 Å². The number of benzene rings is 2. The first kappa shape index (κ1) is 13.7. The summed E-state index contributed by atoms with van der Waals surface area (Å²) in [6.07, 6.45) is 3.48. The summed E-state index contributed by atoms with van der Waals surface area (Å²) in [4.78, 5) is 4.12. The third kappa shape index (κ3) is 2.52. The average molecular weight is 299 g/mol. The second-order valence-corrected chi connectivity index (χ2v) is 5.48. The minimum Gasteiger partial charge on any atom is -0.456 e. The first-order valence-electron chi connectivity index (χ1n) is 6.63. The molecule has 0 fully saturated rings. The number of aromatic nitrogens is 1. The molecule has 1 heterocycles. The fourth-order valence-electron chi connectivity index (χ4n) is 2.44. The van der Waals surface area contributed by atoms with Gasteiger partial charge in [-0.15, -0.1) is 0 Å². The summed E-state index contributed by atoms with van der Waals surface area (Å²) in [6.45, 7) is 3.96. The number of fused-ring (bicyclic) bond motifs is 1. The van der Waals surface area contributed by atoms with E-state index in [1.165, 1.54) is 0 Å². The highest BCUT2D eigenvalue weighted by Crippen LogP contribution is 2.36. The van der Waals surface area contributed by atoms with Gasteiger partial charge in [0, 0.05) is 33.9 Å². The van der Waals surface area contributed by atoms with Crippen molar-refractivity contribution in [1.29, 1.82) is 0 Å². The third-order valence-electron chi connectivity index (χ3n) is 3.45. The quantitative estimate of drug-likeness (QED) is 0.686. The number of halogens is 1. The van der Waals surface area contributed by atoms with E-state index in [0.717, 1.165) is 33.4 Å². The first-order valence-corrected chi connectivity index (χ1v) is 7.01. The average Bonchev–Trinajstić information content (AvgIpc) is 2.45. The Morgan fingerprint density at radius 1 is 1.05 bits per heavy atom. The van der Waals surface area contributed by atoms with E-state index in [2.05, 4.69) is 4.98 Å².